The molecular weight excluding hydrogens is 140 g/mol. The zero-order chi connectivity index (χ0) is 8.43. The van der Waals surface area contributed by atoms with E-state index in [1.165, 1.54) is 0 Å². The first kappa shape index (κ1) is 8.53. The Labute approximate surface area is 67.1 Å². The molecule has 0 saturated heterocycles. The van der Waals surface area contributed by atoms with Crippen LogP contribution in [0.2, 0.25) is 0 Å². The first-order chi connectivity index (χ1) is 5.11. The van der Waals surface area contributed by atoms with Gasteiger partial charge in [0.15, 0.2) is 0 Å². The minimum Gasteiger partial charge on any atom is -0.369 e. The summed E-state index contributed by atoms with van der Waals surface area (Å²) in [5.74, 6) is 0.287. The predicted octanol–water partition coefficient (Wildman–Crippen LogP) is 0.235. The van der Waals surface area contributed by atoms with Gasteiger partial charge in [-0.1, -0.05) is 6.92 Å². The average molecular weight is 156 g/mol. The van der Waals surface area contributed by atoms with E-state index >= 15 is 0 Å². The molecule has 0 aromatic rings. The SMILES string of the molecule is CC1CCC(N)C(C(N)=O)C1. The lowest BCUT2D eigenvalue weighted by atomic mass is 9.79. The van der Waals surface area contributed by atoms with Crippen molar-refractivity contribution in [1.82, 2.24) is 0 Å². The molecule has 0 radical (unpaired) electrons. The van der Waals surface area contributed by atoms with E-state index in [0.29, 0.717) is 5.92 Å². The second-order valence-electron chi connectivity index (χ2n) is 3.59. The van der Waals surface area contributed by atoms with Gasteiger partial charge in [-0.05, 0) is 25.2 Å². The number of carbonyl (C=O) groups excluding carboxylic acids is 1. The maximum Gasteiger partial charge on any atom is 0.222 e. The standard InChI is InChI=1S/C8H16N2O/c1-5-2-3-7(9)6(4-5)8(10)11/h5-7H,2-4,9H2,1H3,(H2,10,11). The number of carbonyl (C=O) groups is 1. The lowest BCUT2D eigenvalue weighted by Crippen LogP contribution is -2.43. The molecule has 0 aromatic heterocycles. The molecule has 0 spiro atoms. The molecule has 1 rings (SSSR count). The zero-order valence-corrected chi connectivity index (χ0v) is 6.92. The molecule has 3 atom stereocenters. The molecule has 3 nitrogen and oxygen atoms in total. The van der Waals surface area contributed by atoms with E-state index in [-0.39, 0.29) is 17.9 Å². The monoisotopic (exact) mass is 156 g/mol. The molecule has 1 fully saturated rings. The van der Waals surface area contributed by atoms with Crippen molar-refractivity contribution in [2.75, 3.05) is 0 Å². The van der Waals surface area contributed by atoms with Crippen LogP contribution in [0.4, 0.5) is 0 Å². The summed E-state index contributed by atoms with van der Waals surface area (Å²) in [4.78, 5) is 10.9. The largest absolute Gasteiger partial charge is 0.369 e. The highest BCUT2D eigenvalue weighted by Crippen LogP contribution is 2.27. The topological polar surface area (TPSA) is 69.1 Å². The molecule has 3 heteroatoms. The summed E-state index contributed by atoms with van der Waals surface area (Å²) < 4.78 is 0. The molecule has 1 aliphatic carbocycles. The molecule has 0 aliphatic heterocycles. The van der Waals surface area contributed by atoms with Crippen LogP contribution < -0.4 is 11.5 Å². The summed E-state index contributed by atoms with van der Waals surface area (Å²) in [6.07, 6.45) is 2.94. The summed E-state index contributed by atoms with van der Waals surface area (Å²) in [5.41, 5.74) is 10.9. The normalized spacial score (nSPS) is 38.5. The van der Waals surface area contributed by atoms with Crippen molar-refractivity contribution in [2.45, 2.75) is 32.2 Å². The van der Waals surface area contributed by atoms with Crippen LogP contribution in [0.25, 0.3) is 0 Å². The van der Waals surface area contributed by atoms with E-state index in [2.05, 4.69) is 6.92 Å². The van der Waals surface area contributed by atoms with Crippen molar-refractivity contribution in [3.05, 3.63) is 0 Å². The highest BCUT2D eigenvalue weighted by atomic mass is 16.1. The zero-order valence-electron chi connectivity index (χ0n) is 6.92. The van der Waals surface area contributed by atoms with E-state index in [4.69, 9.17) is 11.5 Å². The third-order valence-electron chi connectivity index (χ3n) is 2.53. The maximum absolute atomic E-state index is 10.9. The highest BCUT2D eigenvalue weighted by Gasteiger charge is 2.29. The first-order valence-corrected chi connectivity index (χ1v) is 4.16. The van der Waals surface area contributed by atoms with Gasteiger partial charge in [-0.25, -0.2) is 0 Å². The van der Waals surface area contributed by atoms with Gasteiger partial charge in [-0.3, -0.25) is 4.79 Å². The molecule has 1 saturated carbocycles. The molecule has 64 valence electrons. The van der Waals surface area contributed by atoms with Crippen LogP contribution in [-0.2, 0) is 4.79 Å². The van der Waals surface area contributed by atoms with Crippen molar-refractivity contribution < 1.29 is 4.79 Å². The van der Waals surface area contributed by atoms with Gasteiger partial charge < -0.3 is 11.5 Å². The van der Waals surface area contributed by atoms with Crippen LogP contribution in [0.5, 0.6) is 0 Å². The molecule has 4 N–H and O–H groups in total. The summed E-state index contributed by atoms with van der Waals surface area (Å²) >= 11 is 0. The third kappa shape index (κ3) is 1.93. The quantitative estimate of drug-likeness (QED) is 0.570. The Kier molecular flexibility index (Phi) is 2.49. The number of primary amides is 1. The Morgan fingerprint density at radius 3 is 2.55 bits per heavy atom. The van der Waals surface area contributed by atoms with Gasteiger partial charge in [0.2, 0.25) is 5.91 Å². The molecular formula is C8H16N2O. The van der Waals surface area contributed by atoms with Crippen LogP contribution in [0.1, 0.15) is 26.2 Å². The Morgan fingerprint density at radius 2 is 2.09 bits per heavy atom. The second-order valence-corrected chi connectivity index (χ2v) is 3.59. The molecule has 11 heavy (non-hydrogen) atoms. The second kappa shape index (κ2) is 3.22. The molecule has 0 bridgehead atoms. The van der Waals surface area contributed by atoms with Gasteiger partial charge in [0.05, 0.1) is 5.92 Å². The van der Waals surface area contributed by atoms with E-state index < -0.39 is 0 Å². The molecule has 1 amide bonds. The minimum absolute atomic E-state index is 0.00343. The van der Waals surface area contributed by atoms with Crippen molar-refractivity contribution in [3.8, 4) is 0 Å². The van der Waals surface area contributed by atoms with Crippen molar-refractivity contribution in [2.24, 2.45) is 23.3 Å². The van der Waals surface area contributed by atoms with Crippen LogP contribution in [0, 0.1) is 11.8 Å². The Morgan fingerprint density at radius 1 is 1.45 bits per heavy atom. The van der Waals surface area contributed by atoms with Crippen molar-refractivity contribution in [1.29, 1.82) is 0 Å². The number of hydrogen-bond acceptors (Lipinski definition) is 2. The molecule has 0 heterocycles. The van der Waals surface area contributed by atoms with Crippen LogP contribution in [-0.4, -0.2) is 11.9 Å². The van der Waals surface area contributed by atoms with Gasteiger partial charge in [0, 0.05) is 6.04 Å². The van der Waals surface area contributed by atoms with Crippen molar-refractivity contribution >= 4 is 5.91 Å². The van der Waals surface area contributed by atoms with Crippen LogP contribution in [0.3, 0.4) is 0 Å². The molecule has 0 aromatic carbocycles. The van der Waals surface area contributed by atoms with E-state index in [1.807, 2.05) is 0 Å². The van der Waals surface area contributed by atoms with Gasteiger partial charge in [-0.15, -0.1) is 0 Å². The summed E-state index contributed by atoms with van der Waals surface area (Å²) in [7, 11) is 0. The summed E-state index contributed by atoms with van der Waals surface area (Å²) in [6.45, 7) is 2.14. The molecule has 1 aliphatic rings. The first-order valence-electron chi connectivity index (χ1n) is 4.16. The molecule has 3 unspecified atom stereocenters. The van der Waals surface area contributed by atoms with Crippen LogP contribution in [0.15, 0.2) is 0 Å². The third-order valence-corrected chi connectivity index (χ3v) is 2.53. The number of amides is 1. The predicted molar refractivity (Wildman–Crippen MR) is 43.7 cm³/mol. The van der Waals surface area contributed by atoms with E-state index in [1.54, 1.807) is 0 Å². The summed E-state index contributed by atoms with van der Waals surface area (Å²) in [6, 6.07) is 0.00343. The lowest BCUT2D eigenvalue weighted by Gasteiger charge is -2.29. The maximum atomic E-state index is 10.9. The van der Waals surface area contributed by atoms with E-state index in [0.717, 1.165) is 19.3 Å². The fourth-order valence-corrected chi connectivity index (χ4v) is 1.73. The smallest absolute Gasteiger partial charge is 0.222 e. The number of hydrogen-bond donors (Lipinski definition) is 2. The Bertz CT molecular complexity index is 158. The van der Waals surface area contributed by atoms with Gasteiger partial charge in [0.1, 0.15) is 0 Å². The van der Waals surface area contributed by atoms with Crippen molar-refractivity contribution in [3.63, 3.8) is 0 Å². The number of rotatable bonds is 1. The number of nitrogens with two attached hydrogens (primary N) is 2. The Hall–Kier alpha value is -0.570. The highest BCUT2D eigenvalue weighted by molar-refractivity contribution is 5.77. The average Bonchev–Trinajstić information content (AvgIpc) is 1.94. The van der Waals surface area contributed by atoms with Gasteiger partial charge in [-0.2, -0.15) is 0 Å². The fraction of sp³-hybridized carbons (Fsp3) is 0.875. The van der Waals surface area contributed by atoms with Gasteiger partial charge in [0.25, 0.3) is 0 Å². The lowest BCUT2D eigenvalue weighted by molar-refractivity contribution is -0.123. The minimum atomic E-state index is -0.232. The van der Waals surface area contributed by atoms with Crippen LogP contribution >= 0.6 is 0 Å². The Balaban J connectivity index is 2.54. The van der Waals surface area contributed by atoms with Gasteiger partial charge >= 0.3 is 0 Å². The van der Waals surface area contributed by atoms with E-state index in [9.17, 15) is 4.79 Å². The summed E-state index contributed by atoms with van der Waals surface area (Å²) in [5, 5.41) is 0. The fourth-order valence-electron chi connectivity index (χ4n) is 1.73.